The van der Waals surface area contributed by atoms with Gasteiger partial charge in [0, 0.05) is 26.5 Å². The van der Waals surface area contributed by atoms with Gasteiger partial charge in [-0.2, -0.15) is 0 Å². The molecule has 2 amide bonds. The second-order valence-corrected chi connectivity index (χ2v) is 4.92. The van der Waals surface area contributed by atoms with Crippen LogP contribution in [0.2, 0.25) is 0 Å². The number of aromatic nitrogens is 1. The summed E-state index contributed by atoms with van der Waals surface area (Å²) in [6.45, 7) is 1.98. The van der Waals surface area contributed by atoms with E-state index in [1.807, 2.05) is 31.2 Å². The van der Waals surface area contributed by atoms with Crippen molar-refractivity contribution in [3.8, 4) is 11.1 Å². The fourth-order valence-corrected chi connectivity index (χ4v) is 1.91. The van der Waals surface area contributed by atoms with Gasteiger partial charge in [-0.05, 0) is 35.7 Å². The lowest BCUT2D eigenvalue weighted by Gasteiger charge is -2.18. The first-order valence-corrected chi connectivity index (χ1v) is 6.56. The Labute approximate surface area is 119 Å². The number of carbonyl (C=O) groups is 1. The van der Waals surface area contributed by atoms with Crippen LogP contribution < -0.4 is 5.32 Å². The van der Waals surface area contributed by atoms with Gasteiger partial charge in [-0.1, -0.05) is 24.3 Å². The summed E-state index contributed by atoms with van der Waals surface area (Å²) < 4.78 is 0. The standard InChI is InChI=1S/C16H19N3O/c1-12(18-16(20)19(2)3)13-4-6-14(7-5-13)15-8-10-17-11-9-15/h4-12H,1-3H3,(H,18,20). The lowest BCUT2D eigenvalue weighted by atomic mass is 10.0. The van der Waals surface area contributed by atoms with Gasteiger partial charge in [-0.15, -0.1) is 0 Å². The number of hydrogen-bond donors (Lipinski definition) is 1. The molecule has 0 aliphatic rings. The number of amides is 2. The number of benzene rings is 1. The van der Waals surface area contributed by atoms with Crippen molar-refractivity contribution in [1.82, 2.24) is 15.2 Å². The minimum atomic E-state index is -0.0873. The average Bonchev–Trinajstić information content (AvgIpc) is 2.48. The average molecular weight is 269 g/mol. The molecule has 1 atom stereocenters. The molecule has 2 rings (SSSR count). The number of hydrogen-bond acceptors (Lipinski definition) is 2. The fraction of sp³-hybridized carbons (Fsp3) is 0.250. The molecule has 4 heteroatoms. The number of pyridine rings is 1. The van der Waals surface area contributed by atoms with Crippen LogP contribution in [0, 0.1) is 0 Å². The van der Waals surface area contributed by atoms with E-state index < -0.39 is 0 Å². The molecule has 4 nitrogen and oxygen atoms in total. The molecule has 1 aromatic heterocycles. The molecule has 0 saturated heterocycles. The van der Waals surface area contributed by atoms with Gasteiger partial charge in [0.2, 0.25) is 0 Å². The topological polar surface area (TPSA) is 45.2 Å². The maximum atomic E-state index is 11.6. The Morgan fingerprint density at radius 3 is 2.15 bits per heavy atom. The third kappa shape index (κ3) is 3.35. The van der Waals surface area contributed by atoms with E-state index in [0.29, 0.717) is 0 Å². The number of nitrogens with one attached hydrogen (secondary N) is 1. The maximum absolute atomic E-state index is 11.6. The van der Waals surface area contributed by atoms with E-state index >= 15 is 0 Å². The van der Waals surface area contributed by atoms with Crippen LogP contribution in [0.15, 0.2) is 48.8 Å². The first-order valence-electron chi connectivity index (χ1n) is 6.56. The zero-order chi connectivity index (χ0) is 14.5. The Bertz CT molecular complexity index is 564. The molecule has 1 unspecified atom stereocenters. The highest BCUT2D eigenvalue weighted by molar-refractivity contribution is 5.74. The molecule has 0 aliphatic heterocycles. The van der Waals surface area contributed by atoms with Gasteiger partial charge < -0.3 is 10.2 Å². The van der Waals surface area contributed by atoms with Crippen molar-refractivity contribution < 1.29 is 4.79 Å². The van der Waals surface area contributed by atoms with Crippen molar-refractivity contribution in [3.63, 3.8) is 0 Å². The van der Waals surface area contributed by atoms with Gasteiger partial charge in [-0.25, -0.2) is 4.79 Å². The van der Waals surface area contributed by atoms with E-state index in [1.54, 1.807) is 26.5 Å². The second-order valence-electron chi connectivity index (χ2n) is 4.92. The molecular weight excluding hydrogens is 250 g/mol. The Hall–Kier alpha value is -2.36. The fourth-order valence-electron chi connectivity index (χ4n) is 1.91. The third-order valence-electron chi connectivity index (χ3n) is 3.17. The van der Waals surface area contributed by atoms with E-state index in [2.05, 4.69) is 22.4 Å². The summed E-state index contributed by atoms with van der Waals surface area (Å²) in [5, 5.41) is 2.93. The van der Waals surface area contributed by atoms with Crippen molar-refractivity contribution in [2.45, 2.75) is 13.0 Å². The number of rotatable bonds is 3. The summed E-state index contributed by atoms with van der Waals surface area (Å²) >= 11 is 0. The highest BCUT2D eigenvalue weighted by atomic mass is 16.2. The van der Waals surface area contributed by atoms with Crippen LogP contribution in [-0.4, -0.2) is 30.0 Å². The van der Waals surface area contributed by atoms with Gasteiger partial charge in [0.1, 0.15) is 0 Å². The monoisotopic (exact) mass is 269 g/mol. The number of urea groups is 1. The van der Waals surface area contributed by atoms with Gasteiger partial charge in [-0.3, -0.25) is 4.98 Å². The summed E-state index contributed by atoms with van der Waals surface area (Å²) in [7, 11) is 3.46. The summed E-state index contributed by atoms with van der Waals surface area (Å²) in [6, 6.07) is 12.0. The highest BCUT2D eigenvalue weighted by Gasteiger charge is 2.10. The zero-order valence-corrected chi connectivity index (χ0v) is 12.0. The summed E-state index contributed by atoms with van der Waals surface area (Å²) in [6.07, 6.45) is 3.56. The van der Waals surface area contributed by atoms with Crippen molar-refractivity contribution in [1.29, 1.82) is 0 Å². The largest absolute Gasteiger partial charge is 0.331 e. The first kappa shape index (κ1) is 14.1. The van der Waals surface area contributed by atoms with Gasteiger partial charge >= 0.3 is 6.03 Å². The lowest BCUT2D eigenvalue weighted by molar-refractivity contribution is 0.214. The molecule has 0 aliphatic carbocycles. The van der Waals surface area contributed by atoms with Gasteiger partial charge in [0.15, 0.2) is 0 Å². The normalized spacial score (nSPS) is 11.8. The van der Waals surface area contributed by atoms with Gasteiger partial charge in [0.25, 0.3) is 0 Å². The molecule has 1 N–H and O–H groups in total. The van der Waals surface area contributed by atoms with Gasteiger partial charge in [0.05, 0.1) is 6.04 Å². The Kier molecular flexibility index (Phi) is 4.35. The van der Waals surface area contributed by atoms with Crippen molar-refractivity contribution in [3.05, 3.63) is 54.4 Å². The molecule has 1 heterocycles. The minimum Gasteiger partial charge on any atom is -0.331 e. The molecular formula is C16H19N3O. The summed E-state index contributed by atoms with van der Waals surface area (Å²) in [4.78, 5) is 17.2. The third-order valence-corrected chi connectivity index (χ3v) is 3.17. The molecule has 0 bridgehead atoms. The number of nitrogens with zero attached hydrogens (tertiary/aromatic N) is 2. The van der Waals surface area contributed by atoms with Crippen LogP contribution in [0.5, 0.6) is 0 Å². The lowest BCUT2D eigenvalue weighted by Crippen LogP contribution is -2.36. The molecule has 0 saturated carbocycles. The molecule has 0 fully saturated rings. The molecule has 1 aromatic carbocycles. The van der Waals surface area contributed by atoms with Crippen LogP contribution in [0.4, 0.5) is 4.79 Å². The minimum absolute atomic E-state index is 0.0172. The molecule has 0 radical (unpaired) electrons. The predicted molar refractivity (Wildman–Crippen MR) is 80.3 cm³/mol. The van der Waals surface area contributed by atoms with E-state index in [9.17, 15) is 4.79 Å². The quantitative estimate of drug-likeness (QED) is 0.930. The molecule has 0 spiro atoms. The SMILES string of the molecule is CC(NC(=O)N(C)C)c1ccc(-c2ccncc2)cc1. The van der Waals surface area contributed by atoms with Crippen LogP contribution in [-0.2, 0) is 0 Å². The van der Waals surface area contributed by atoms with Crippen LogP contribution in [0.25, 0.3) is 11.1 Å². The Balaban J connectivity index is 2.10. The van der Waals surface area contributed by atoms with Crippen molar-refractivity contribution in [2.24, 2.45) is 0 Å². The predicted octanol–water partition coefficient (Wildman–Crippen LogP) is 3.08. The smallest absolute Gasteiger partial charge is 0.317 e. The Morgan fingerprint density at radius 2 is 1.60 bits per heavy atom. The molecule has 20 heavy (non-hydrogen) atoms. The molecule has 104 valence electrons. The highest BCUT2D eigenvalue weighted by Crippen LogP contribution is 2.21. The second kappa shape index (κ2) is 6.19. The van der Waals surface area contributed by atoms with Crippen LogP contribution in [0.1, 0.15) is 18.5 Å². The number of carbonyl (C=O) groups excluding carboxylic acids is 1. The van der Waals surface area contributed by atoms with E-state index in [-0.39, 0.29) is 12.1 Å². The van der Waals surface area contributed by atoms with E-state index in [0.717, 1.165) is 16.7 Å². The summed E-state index contributed by atoms with van der Waals surface area (Å²) in [5.74, 6) is 0. The summed E-state index contributed by atoms with van der Waals surface area (Å²) in [5.41, 5.74) is 3.36. The van der Waals surface area contributed by atoms with Crippen molar-refractivity contribution >= 4 is 6.03 Å². The van der Waals surface area contributed by atoms with Crippen LogP contribution >= 0.6 is 0 Å². The van der Waals surface area contributed by atoms with E-state index in [4.69, 9.17) is 0 Å². The maximum Gasteiger partial charge on any atom is 0.317 e. The first-order chi connectivity index (χ1) is 9.58. The van der Waals surface area contributed by atoms with Crippen molar-refractivity contribution in [2.75, 3.05) is 14.1 Å². The zero-order valence-electron chi connectivity index (χ0n) is 12.0. The Morgan fingerprint density at radius 1 is 1.05 bits per heavy atom. The van der Waals surface area contributed by atoms with Crippen LogP contribution in [0.3, 0.4) is 0 Å². The molecule has 2 aromatic rings. The van der Waals surface area contributed by atoms with E-state index in [1.165, 1.54) is 4.90 Å².